The second-order valence-electron chi connectivity index (χ2n) is 4.31. The normalized spacial score (nSPS) is 10.2. The van der Waals surface area contributed by atoms with Gasteiger partial charge in [-0.25, -0.2) is 4.79 Å². The Morgan fingerprint density at radius 1 is 1.33 bits per heavy atom. The average molecular weight is 371 g/mol. The van der Waals surface area contributed by atoms with Crippen molar-refractivity contribution in [1.82, 2.24) is 0 Å². The maximum Gasteiger partial charge on any atom is 0.335 e. The Morgan fingerprint density at radius 2 is 2.10 bits per heavy atom. The van der Waals surface area contributed by atoms with Gasteiger partial charge in [-0.1, -0.05) is 27.5 Å². The van der Waals surface area contributed by atoms with Gasteiger partial charge >= 0.3 is 5.97 Å². The second-order valence-corrected chi connectivity index (χ2v) is 5.63. The summed E-state index contributed by atoms with van der Waals surface area (Å²) >= 11 is 9.49. The van der Waals surface area contributed by atoms with Crippen molar-refractivity contribution in [3.05, 3.63) is 57.0 Å². The fourth-order valence-corrected chi connectivity index (χ4v) is 2.46. The molecule has 0 saturated carbocycles. The Balaban J connectivity index is 2.22. The number of halogens is 2. The molecule has 21 heavy (non-hydrogen) atoms. The van der Waals surface area contributed by atoms with Crippen LogP contribution in [0.4, 0.5) is 5.69 Å². The maximum atomic E-state index is 11.0. The maximum absolute atomic E-state index is 11.0. The van der Waals surface area contributed by atoms with Crippen LogP contribution in [0.15, 0.2) is 40.9 Å². The Morgan fingerprint density at radius 3 is 2.76 bits per heavy atom. The van der Waals surface area contributed by atoms with E-state index in [1.807, 2.05) is 18.2 Å². The zero-order chi connectivity index (χ0) is 15.4. The molecule has 0 aliphatic heterocycles. The summed E-state index contributed by atoms with van der Waals surface area (Å²) in [5.41, 5.74) is 1.69. The first-order valence-corrected chi connectivity index (χ1v) is 7.27. The van der Waals surface area contributed by atoms with Crippen molar-refractivity contribution in [3.63, 3.8) is 0 Å². The molecule has 0 spiro atoms. The van der Waals surface area contributed by atoms with Crippen LogP contribution >= 0.6 is 27.5 Å². The van der Waals surface area contributed by atoms with Crippen LogP contribution in [0.25, 0.3) is 0 Å². The van der Waals surface area contributed by atoms with Crippen molar-refractivity contribution in [1.29, 1.82) is 0 Å². The van der Waals surface area contributed by atoms with Gasteiger partial charge in [0.1, 0.15) is 5.75 Å². The Labute approximate surface area is 135 Å². The van der Waals surface area contributed by atoms with Crippen LogP contribution in [0, 0.1) is 0 Å². The number of aromatic carboxylic acids is 1. The molecule has 4 nitrogen and oxygen atoms in total. The molecule has 6 heteroatoms. The molecule has 110 valence electrons. The second kappa shape index (κ2) is 6.83. The van der Waals surface area contributed by atoms with E-state index in [2.05, 4.69) is 21.2 Å². The van der Waals surface area contributed by atoms with Gasteiger partial charge in [-0.2, -0.15) is 0 Å². The molecule has 0 amide bonds. The number of carbonyl (C=O) groups is 1. The van der Waals surface area contributed by atoms with Gasteiger partial charge in [0, 0.05) is 16.6 Å². The van der Waals surface area contributed by atoms with Gasteiger partial charge in [0.05, 0.1) is 23.4 Å². The fourth-order valence-electron chi connectivity index (χ4n) is 1.87. The highest BCUT2D eigenvalue weighted by molar-refractivity contribution is 9.10. The van der Waals surface area contributed by atoms with E-state index in [-0.39, 0.29) is 5.56 Å². The lowest BCUT2D eigenvalue weighted by molar-refractivity contribution is 0.0697. The number of methoxy groups -OCH3 is 1. The third-order valence-electron chi connectivity index (χ3n) is 2.93. The summed E-state index contributed by atoms with van der Waals surface area (Å²) in [6, 6.07) is 10.2. The van der Waals surface area contributed by atoms with Crippen LogP contribution in [0.1, 0.15) is 15.9 Å². The lowest BCUT2D eigenvalue weighted by atomic mass is 10.1. The summed E-state index contributed by atoms with van der Waals surface area (Å²) in [5.74, 6) is -0.244. The van der Waals surface area contributed by atoms with Crippen molar-refractivity contribution in [2.24, 2.45) is 0 Å². The Hall–Kier alpha value is -1.72. The smallest absolute Gasteiger partial charge is 0.335 e. The molecule has 0 fully saturated rings. The molecule has 0 radical (unpaired) electrons. The van der Waals surface area contributed by atoms with Gasteiger partial charge in [0.15, 0.2) is 0 Å². The van der Waals surface area contributed by atoms with Crippen molar-refractivity contribution >= 4 is 39.2 Å². The number of nitrogens with one attached hydrogen (secondary N) is 1. The molecule has 0 aliphatic rings. The molecular weight excluding hydrogens is 358 g/mol. The molecule has 0 aliphatic carbocycles. The molecule has 0 unspecified atom stereocenters. The van der Waals surface area contributed by atoms with Gasteiger partial charge < -0.3 is 15.2 Å². The number of ether oxygens (including phenoxy) is 1. The molecule has 2 N–H and O–H groups in total. The van der Waals surface area contributed by atoms with Gasteiger partial charge in [-0.15, -0.1) is 0 Å². The van der Waals surface area contributed by atoms with Crippen LogP contribution in [-0.2, 0) is 6.54 Å². The molecule has 0 saturated heterocycles. The third-order valence-corrected chi connectivity index (χ3v) is 3.75. The lowest BCUT2D eigenvalue weighted by Crippen LogP contribution is -2.04. The molecule has 0 aromatic heterocycles. The molecule has 0 heterocycles. The highest BCUT2D eigenvalue weighted by atomic mass is 79.9. The van der Waals surface area contributed by atoms with E-state index in [9.17, 15) is 4.79 Å². The van der Waals surface area contributed by atoms with Crippen LogP contribution < -0.4 is 10.1 Å². The highest BCUT2D eigenvalue weighted by Gasteiger charge is 2.09. The largest absolute Gasteiger partial charge is 0.496 e. The Kier molecular flexibility index (Phi) is 5.09. The predicted molar refractivity (Wildman–Crippen MR) is 86.4 cm³/mol. The lowest BCUT2D eigenvalue weighted by Gasteiger charge is -2.12. The number of hydrogen-bond donors (Lipinski definition) is 2. The van der Waals surface area contributed by atoms with Crippen LogP contribution in [0.5, 0.6) is 5.75 Å². The van der Waals surface area contributed by atoms with Gasteiger partial charge in [-0.05, 0) is 36.4 Å². The molecule has 2 aromatic carbocycles. The summed E-state index contributed by atoms with van der Waals surface area (Å²) < 4.78 is 6.23. The zero-order valence-electron chi connectivity index (χ0n) is 11.2. The topological polar surface area (TPSA) is 58.6 Å². The van der Waals surface area contributed by atoms with Crippen LogP contribution in [0.2, 0.25) is 5.02 Å². The minimum absolute atomic E-state index is 0.183. The first-order chi connectivity index (χ1) is 10.0. The predicted octanol–water partition coefficient (Wildman–Crippen LogP) is 4.42. The molecule has 2 rings (SSSR count). The molecular formula is C15H13BrClNO3. The number of rotatable bonds is 5. The van der Waals surface area contributed by atoms with Crippen molar-refractivity contribution < 1.29 is 14.6 Å². The third kappa shape index (κ3) is 3.89. The van der Waals surface area contributed by atoms with E-state index in [0.717, 1.165) is 15.8 Å². The van der Waals surface area contributed by atoms with Gasteiger partial charge in [-0.3, -0.25) is 0 Å². The number of anilines is 1. The summed E-state index contributed by atoms with van der Waals surface area (Å²) in [6.07, 6.45) is 0. The molecule has 0 atom stereocenters. The van der Waals surface area contributed by atoms with Gasteiger partial charge in [0.2, 0.25) is 0 Å². The monoisotopic (exact) mass is 369 g/mol. The van der Waals surface area contributed by atoms with E-state index in [0.29, 0.717) is 17.3 Å². The number of carboxylic acids is 1. The fraction of sp³-hybridized carbons (Fsp3) is 0.133. The van der Waals surface area contributed by atoms with Crippen molar-refractivity contribution in [3.8, 4) is 5.75 Å². The zero-order valence-corrected chi connectivity index (χ0v) is 13.5. The van der Waals surface area contributed by atoms with Crippen molar-refractivity contribution in [2.75, 3.05) is 12.4 Å². The minimum atomic E-state index is -0.991. The van der Waals surface area contributed by atoms with E-state index < -0.39 is 5.97 Å². The van der Waals surface area contributed by atoms with E-state index in [4.69, 9.17) is 21.4 Å². The average Bonchev–Trinajstić information content (AvgIpc) is 2.46. The number of hydrogen-bond acceptors (Lipinski definition) is 3. The molecule has 0 bridgehead atoms. The van der Waals surface area contributed by atoms with Crippen LogP contribution in [-0.4, -0.2) is 18.2 Å². The quantitative estimate of drug-likeness (QED) is 0.818. The first kappa shape index (κ1) is 15.7. The SMILES string of the molecule is COc1ccc(Br)cc1CNc1cc(C(=O)O)ccc1Cl. The van der Waals surface area contributed by atoms with E-state index >= 15 is 0 Å². The minimum Gasteiger partial charge on any atom is -0.496 e. The summed E-state index contributed by atoms with van der Waals surface area (Å²) in [6.45, 7) is 0.464. The summed E-state index contributed by atoms with van der Waals surface area (Å²) in [4.78, 5) is 11.0. The number of benzene rings is 2. The highest BCUT2D eigenvalue weighted by Crippen LogP contribution is 2.27. The molecule has 2 aromatic rings. The van der Waals surface area contributed by atoms with Gasteiger partial charge in [0.25, 0.3) is 0 Å². The summed E-state index contributed by atoms with van der Waals surface area (Å²) in [5, 5.41) is 12.6. The summed E-state index contributed by atoms with van der Waals surface area (Å²) in [7, 11) is 1.60. The van der Waals surface area contributed by atoms with Crippen molar-refractivity contribution in [2.45, 2.75) is 6.54 Å². The van der Waals surface area contributed by atoms with E-state index in [1.165, 1.54) is 12.1 Å². The number of carboxylic acid groups (broad SMARTS) is 1. The van der Waals surface area contributed by atoms with E-state index in [1.54, 1.807) is 13.2 Å². The van der Waals surface area contributed by atoms with Crippen LogP contribution in [0.3, 0.4) is 0 Å². The standard InChI is InChI=1S/C15H13BrClNO3/c1-21-14-5-3-11(16)6-10(14)8-18-13-7-9(15(19)20)2-4-12(13)17/h2-7,18H,8H2,1H3,(H,19,20). The first-order valence-electron chi connectivity index (χ1n) is 6.10. The Bertz CT molecular complexity index is 676.